The molecule has 0 bridgehead atoms. The zero-order chi connectivity index (χ0) is 94.4. The molecule has 13 nitrogen and oxygen atoms in total. The number of rotatable bonds is 13. The molecule has 15 aromatic rings. The average Bonchev–Trinajstić information content (AvgIpc) is 1.49. The van der Waals surface area contributed by atoms with Crippen molar-refractivity contribution in [2.24, 2.45) is 7.05 Å². The lowest BCUT2D eigenvalue weighted by molar-refractivity contribution is 0.0600. The highest BCUT2D eigenvalue weighted by molar-refractivity contribution is 7.08. The van der Waals surface area contributed by atoms with Gasteiger partial charge in [0.2, 0.25) is 12.7 Å². The SMILES string of the molecule is C.CC(=O)n1cc(C(C)C)c2ccccc21.CC(C)c1ccc(N2CCCC2)cc1.CC(C)c1ccc2c(c1)Cc1ccccc1-2.CC(C)c1ccc2c(c1)OCO2.CC(C)c1ccccc1.CC(C)c1ccsc1.CC(C)c1coc2ccccc12.CC(C)c1coc2ccccc2c1=O.COC(=O)c1ccc(C(C)C)cc1.Cc1c(C(C)C)c(=O)n(-c2ccccc2)n1C. The highest BCUT2D eigenvalue weighted by atomic mass is 32.1. The van der Waals surface area contributed by atoms with E-state index in [9.17, 15) is 19.2 Å². The van der Waals surface area contributed by atoms with Crippen molar-refractivity contribution in [2.75, 3.05) is 31.9 Å². The number of benzene rings is 10. The summed E-state index contributed by atoms with van der Waals surface area (Å²) in [5, 5.41) is 7.41. The number of anilines is 1. The largest absolute Gasteiger partial charge is 0.465 e. The highest BCUT2D eigenvalue weighted by Gasteiger charge is 2.22. The molecule has 131 heavy (non-hydrogen) atoms. The smallest absolute Gasteiger partial charge is 0.337 e. The second-order valence-electron chi connectivity index (χ2n) is 36.4. The molecular formula is C117H144N4O9S. The minimum atomic E-state index is -0.282. The van der Waals surface area contributed by atoms with Crippen LogP contribution in [0.3, 0.4) is 0 Å². The van der Waals surface area contributed by atoms with Crippen LogP contribution in [0.4, 0.5) is 5.69 Å². The summed E-state index contributed by atoms with van der Waals surface area (Å²) < 4.78 is 31.2. The maximum Gasteiger partial charge on any atom is 0.337 e. The molecule has 1 saturated heterocycles. The van der Waals surface area contributed by atoms with Crippen molar-refractivity contribution >= 4 is 61.7 Å². The number of carbonyl (C=O) groups is 2. The molecule has 7 heterocycles. The van der Waals surface area contributed by atoms with Gasteiger partial charge in [0.1, 0.15) is 11.2 Å². The summed E-state index contributed by atoms with van der Waals surface area (Å²) in [5.74, 6) is 6.60. The van der Waals surface area contributed by atoms with Crippen LogP contribution < -0.4 is 25.4 Å². The van der Waals surface area contributed by atoms with Crippen molar-refractivity contribution in [1.82, 2.24) is 13.9 Å². The third-order valence-corrected chi connectivity index (χ3v) is 24.3. The first-order chi connectivity index (χ1) is 62.2. The molecule has 1 aliphatic carbocycles. The van der Waals surface area contributed by atoms with Crippen LogP contribution in [-0.2, 0) is 18.2 Å². The van der Waals surface area contributed by atoms with E-state index in [4.69, 9.17) is 18.3 Å². The van der Waals surface area contributed by atoms with Crippen molar-refractivity contribution in [1.29, 1.82) is 0 Å². The van der Waals surface area contributed by atoms with Crippen LogP contribution in [0, 0.1) is 6.92 Å². The van der Waals surface area contributed by atoms with Crippen molar-refractivity contribution in [3.05, 3.63) is 377 Å². The van der Waals surface area contributed by atoms with Crippen LogP contribution >= 0.6 is 11.3 Å². The van der Waals surface area contributed by atoms with Crippen LogP contribution in [0.1, 0.15) is 312 Å². The third-order valence-electron chi connectivity index (χ3n) is 23.6. The number of hydrogen-bond acceptors (Lipinski definition) is 11. The van der Waals surface area contributed by atoms with E-state index in [1.807, 2.05) is 154 Å². The van der Waals surface area contributed by atoms with Gasteiger partial charge in [0.25, 0.3) is 5.56 Å². The Morgan fingerprint density at radius 3 is 1.40 bits per heavy atom. The number of ether oxygens (including phenoxy) is 3. The summed E-state index contributed by atoms with van der Waals surface area (Å²) >= 11 is 1.77. The molecule has 10 aromatic carbocycles. The van der Waals surface area contributed by atoms with Gasteiger partial charge in [-0.05, 0) is 236 Å². The lowest BCUT2D eigenvalue weighted by Gasteiger charge is -2.18. The molecular weight excluding hydrogens is 1640 g/mol. The van der Waals surface area contributed by atoms with E-state index >= 15 is 0 Å². The summed E-state index contributed by atoms with van der Waals surface area (Å²) in [4.78, 5) is 49.3. The van der Waals surface area contributed by atoms with Crippen molar-refractivity contribution < 1.29 is 32.6 Å². The van der Waals surface area contributed by atoms with Gasteiger partial charge in [-0.1, -0.05) is 316 Å². The number of thiophene rings is 1. The van der Waals surface area contributed by atoms with Crippen molar-refractivity contribution in [2.45, 2.75) is 238 Å². The Hall–Kier alpha value is -12.3. The van der Waals surface area contributed by atoms with Gasteiger partial charge in [0.15, 0.2) is 16.9 Å². The van der Waals surface area contributed by atoms with E-state index in [1.54, 1.807) is 58.0 Å². The normalized spacial score (nSPS) is 11.9. The zero-order valence-electron chi connectivity index (χ0n) is 81.4. The molecule has 2 aliphatic heterocycles. The Balaban J connectivity index is 0.000000180. The number of nitrogens with zero attached hydrogens (tertiary/aromatic N) is 4. The van der Waals surface area contributed by atoms with Crippen molar-refractivity contribution in [3.8, 4) is 28.3 Å². The minimum absolute atomic E-state index is 0. The predicted octanol–water partition coefficient (Wildman–Crippen LogP) is 31.7. The molecule has 3 aliphatic rings. The summed E-state index contributed by atoms with van der Waals surface area (Å²) in [7, 11) is 3.31. The molecule has 0 atom stereocenters. The zero-order valence-corrected chi connectivity index (χ0v) is 82.3. The first-order valence-corrected chi connectivity index (χ1v) is 47.3. The van der Waals surface area contributed by atoms with Crippen LogP contribution in [0.25, 0.3) is 49.7 Å². The lowest BCUT2D eigenvalue weighted by Crippen LogP contribution is -2.21. The molecule has 1 fully saturated rings. The van der Waals surface area contributed by atoms with Gasteiger partial charge >= 0.3 is 5.97 Å². The number of hydrogen-bond donors (Lipinski definition) is 0. The van der Waals surface area contributed by atoms with Gasteiger partial charge in [-0.25, -0.2) is 9.48 Å². The number of furan rings is 1. The fourth-order valence-electron chi connectivity index (χ4n) is 15.5. The number of para-hydroxylation sites is 4. The molecule has 0 saturated carbocycles. The molecule has 0 amide bonds. The first-order valence-electron chi connectivity index (χ1n) is 46.3. The number of methoxy groups -OCH3 is 1. The monoisotopic (exact) mass is 1780 g/mol. The summed E-state index contributed by atoms with van der Waals surface area (Å²) in [6, 6.07) is 84.3. The topological polar surface area (TPSA) is 140 Å². The second kappa shape index (κ2) is 50.8. The second-order valence-corrected chi connectivity index (χ2v) is 37.2. The quantitative estimate of drug-likeness (QED) is 0.102. The summed E-state index contributed by atoms with van der Waals surface area (Å²) in [6.45, 7) is 49.5. The Labute approximate surface area is 785 Å². The predicted molar refractivity (Wildman–Crippen MR) is 554 cm³/mol. The van der Waals surface area contributed by atoms with Crippen LogP contribution in [0.15, 0.2) is 297 Å². The number of fused-ring (bicyclic) bond motifs is 7. The van der Waals surface area contributed by atoms with E-state index < -0.39 is 0 Å². The van der Waals surface area contributed by atoms with Gasteiger partial charge < -0.3 is 27.9 Å². The van der Waals surface area contributed by atoms with E-state index in [-0.39, 0.29) is 42.1 Å². The first kappa shape index (κ1) is 104. The maximum absolute atomic E-state index is 12.4. The number of esters is 1. The molecule has 0 N–H and O–H groups in total. The van der Waals surface area contributed by atoms with Crippen LogP contribution in [0.2, 0.25) is 0 Å². The van der Waals surface area contributed by atoms with Crippen molar-refractivity contribution in [3.63, 3.8) is 0 Å². The molecule has 0 spiro atoms. The Morgan fingerprint density at radius 2 is 0.885 bits per heavy atom. The average molecular weight is 1780 g/mol. The molecule has 14 heteroatoms. The van der Waals surface area contributed by atoms with Crippen LogP contribution in [-0.4, -0.2) is 52.8 Å². The Kier molecular flexibility index (Phi) is 40.4. The highest BCUT2D eigenvalue weighted by Crippen LogP contribution is 2.39. The maximum atomic E-state index is 12.4. The molecule has 18 rings (SSSR count). The van der Waals surface area contributed by atoms with E-state index in [2.05, 4.69) is 260 Å². The van der Waals surface area contributed by atoms with E-state index in [1.165, 1.54) is 116 Å². The van der Waals surface area contributed by atoms with Gasteiger partial charge in [0, 0.05) is 72.1 Å². The van der Waals surface area contributed by atoms with Gasteiger partial charge in [0.05, 0.1) is 41.8 Å². The molecule has 0 radical (unpaired) electrons. The molecule has 5 aromatic heterocycles. The van der Waals surface area contributed by atoms with Crippen LogP contribution in [0.5, 0.6) is 11.5 Å². The van der Waals surface area contributed by atoms with E-state index in [0.717, 1.165) is 51.5 Å². The summed E-state index contributed by atoms with van der Waals surface area (Å²) in [5.41, 5.74) is 25.0. The standard InChI is InChI=1S/C16H16.C14H18N2O.C13H15NO.C13H19N.C12H12O2.C11H14O2.C11H12O.C10H12O2.C9H12.C7H10S.CH4/c1-11(2)12-7-8-16-14(9-12)10-13-5-3-4-6-15(13)16;1-10(2)13-11(3)15(4)16(14(13)17)12-8-6-5-7-9-12;1-9(2)12-8-14(10(3)15)13-7-5-4-6-11(12)13;1-11(2)12-5-7-13(8-6-12)14-9-3-4-10-14;1-8(2)10-7-14-11-6-4-3-5-9(11)12(10)13;1-8(2)9-4-6-10(7-5-9)11(12)13-3;1-8(2)10-7-12-11-6-4-3-5-9(10)11;1-7(2)8-3-4-9-10(5-8)12-6-11-9;1-8(2)9-6-4-3-5-7-9;1-6(2)7-3-4-8-5-7;/h3-9,11H,10H2,1-2H3;5-10H,1-4H3;4-9H,1-3H3;5-8,11H,3-4,9-10H2,1-2H3;3-8H,1-2H3;4-8H,1-3H3;3-8H,1-2H3;3-5,7H,6H2,1-2H3;3-8H,1-2H3;3-6H,1-2H3;1H4. The lowest BCUT2D eigenvalue weighted by atomic mass is 9.97. The van der Waals surface area contributed by atoms with E-state index in [0.29, 0.717) is 70.7 Å². The minimum Gasteiger partial charge on any atom is -0.465 e. The number of carbonyl (C=O) groups excluding carboxylic acids is 2. The van der Waals surface area contributed by atoms with Gasteiger partial charge in [-0.2, -0.15) is 11.3 Å². The third kappa shape index (κ3) is 28.9. The Bertz CT molecular complexity index is 6130. The molecule has 0 unspecified atom stereocenters. The fourth-order valence-corrected chi connectivity index (χ4v) is 16.3. The number of aromatic nitrogens is 3. The molecule has 692 valence electrons. The fraction of sp³-hybridized carbons (Fsp3) is 0.350. The summed E-state index contributed by atoms with van der Waals surface area (Å²) in [6.07, 6.45) is 9.19. The van der Waals surface area contributed by atoms with Gasteiger partial charge in [-0.3, -0.25) is 23.6 Å². The van der Waals surface area contributed by atoms with Gasteiger partial charge in [-0.15, -0.1) is 0 Å². The Morgan fingerprint density at radius 1 is 0.420 bits per heavy atom.